The molecule has 0 bridgehead atoms. The molecule has 0 saturated heterocycles. The minimum atomic E-state index is -0.561. The third-order valence-corrected chi connectivity index (χ3v) is 2.34. The van der Waals surface area contributed by atoms with E-state index in [9.17, 15) is 9.59 Å². The summed E-state index contributed by atoms with van der Waals surface area (Å²) in [6.07, 6.45) is 0.365. The second kappa shape index (κ2) is 4.71. The van der Waals surface area contributed by atoms with E-state index < -0.39 is 5.97 Å². The van der Waals surface area contributed by atoms with E-state index in [-0.39, 0.29) is 5.91 Å². The van der Waals surface area contributed by atoms with Gasteiger partial charge in [-0.15, -0.1) is 0 Å². The molecule has 0 fully saturated rings. The number of benzene rings is 1. The standard InChI is InChI=1S/C13H11NO3/c1-2-17-12(16)7-6-9-4-3-5-10-8-11(15)14-13(9)10/h3-5H,2,8H2,1H3,(H,14,15). The Hall–Kier alpha value is -2.28. The molecule has 1 amide bonds. The molecule has 0 radical (unpaired) electrons. The molecule has 4 heteroatoms. The van der Waals surface area contributed by atoms with Crippen molar-refractivity contribution in [2.24, 2.45) is 0 Å². The van der Waals surface area contributed by atoms with Crippen LogP contribution in [0, 0.1) is 11.8 Å². The van der Waals surface area contributed by atoms with Crippen LogP contribution in [0.3, 0.4) is 0 Å². The van der Waals surface area contributed by atoms with Gasteiger partial charge in [0.2, 0.25) is 5.91 Å². The van der Waals surface area contributed by atoms with Gasteiger partial charge in [0.1, 0.15) is 0 Å². The summed E-state index contributed by atoms with van der Waals surface area (Å²) in [4.78, 5) is 22.3. The van der Waals surface area contributed by atoms with E-state index in [2.05, 4.69) is 17.2 Å². The predicted molar refractivity (Wildman–Crippen MR) is 62.3 cm³/mol. The molecule has 0 unspecified atom stereocenters. The van der Waals surface area contributed by atoms with E-state index in [4.69, 9.17) is 4.74 Å². The van der Waals surface area contributed by atoms with Crippen molar-refractivity contribution in [1.82, 2.24) is 0 Å². The minimum Gasteiger partial charge on any atom is -0.456 e. The quantitative estimate of drug-likeness (QED) is 0.579. The number of rotatable bonds is 1. The molecule has 1 aliphatic heterocycles. The van der Waals surface area contributed by atoms with E-state index in [1.165, 1.54) is 0 Å². The number of ether oxygens (including phenoxy) is 1. The molecule has 1 aliphatic rings. The van der Waals surface area contributed by atoms with E-state index in [1.807, 2.05) is 12.1 Å². The second-order valence-electron chi connectivity index (χ2n) is 3.54. The van der Waals surface area contributed by atoms with Crippen LogP contribution in [-0.2, 0) is 20.7 Å². The summed E-state index contributed by atoms with van der Waals surface area (Å²) in [5.41, 5.74) is 2.25. The van der Waals surface area contributed by atoms with Crippen molar-refractivity contribution in [1.29, 1.82) is 0 Å². The average Bonchev–Trinajstić information content (AvgIpc) is 2.67. The number of para-hydroxylation sites is 1. The predicted octanol–water partition coefficient (Wildman–Crippen LogP) is 1.10. The van der Waals surface area contributed by atoms with E-state index in [1.54, 1.807) is 13.0 Å². The highest BCUT2D eigenvalue weighted by Gasteiger charge is 2.19. The van der Waals surface area contributed by atoms with Crippen LogP contribution in [0.15, 0.2) is 18.2 Å². The Morgan fingerprint density at radius 2 is 2.35 bits per heavy atom. The van der Waals surface area contributed by atoms with Crippen LogP contribution in [0.25, 0.3) is 0 Å². The third kappa shape index (κ3) is 2.45. The number of carbonyl (C=O) groups is 2. The fourth-order valence-corrected chi connectivity index (χ4v) is 1.64. The van der Waals surface area contributed by atoms with Gasteiger partial charge in [-0.25, -0.2) is 4.79 Å². The number of hydrogen-bond donors (Lipinski definition) is 1. The monoisotopic (exact) mass is 229 g/mol. The molecule has 86 valence electrons. The van der Waals surface area contributed by atoms with Gasteiger partial charge in [0.25, 0.3) is 0 Å². The lowest BCUT2D eigenvalue weighted by atomic mass is 10.1. The largest absolute Gasteiger partial charge is 0.456 e. The number of fused-ring (bicyclic) bond motifs is 1. The molecule has 2 rings (SSSR count). The molecule has 0 atom stereocenters. The first kappa shape index (κ1) is 11.2. The van der Waals surface area contributed by atoms with Gasteiger partial charge in [0.05, 0.1) is 18.7 Å². The van der Waals surface area contributed by atoms with Crippen molar-refractivity contribution in [2.75, 3.05) is 11.9 Å². The fraction of sp³-hybridized carbons (Fsp3) is 0.231. The van der Waals surface area contributed by atoms with Gasteiger partial charge in [-0.3, -0.25) is 4.79 Å². The molecule has 0 spiro atoms. The number of esters is 1. The molecule has 17 heavy (non-hydrogen) atoms. The summed E-state index contributed by atoms with van der Waals surface area (Å²) in [6, 6.07) is 5.44. The number of carbonyl (C=O) groups excluding carboxylic acids is 2. The first-order valence-electron chi connectivity index (χ1n) is 5.31. The Morgan fingerprint density at radius 1 is 1.53 bits per heavy atom. The zero-order valence-corrected chi connectivity index (χ0v) is 9.37. The normalized spacial score (nSPS) is 12.2. The highest BCUT2D eigenvalue weighted by molar-refractivity contribution is 6.01. The Kier molecular flexibility index (Phi) is 3.10. The van der Waals surface area contributed by atoms with Gasteiger partial charge < -0.3 is 10.1 Å². The maximum Gasteiger partial charge on any atom is 0.384 e. The molecule has 0 aliphatic carbocycles. The number of anilines is 1. The van der Waals surface area contributed by atoms with Crippen molar-refractivity contribution in [3.8, 4) is 11.8 Å². The smallest absolute Gasteiger partial charge is 0.384 e. The first-order chi connectivity index (χ1) is 8.20. The maximum atomic E-state index is 11.2. The van der Waals surface area contributed by atoms with Gasteiger partial charge in [0.15, 0.2) is 0 Å². The van der Waals surface area contributed by atoms with Crippen LogP contribution in [0.5, 0.6) is 0 Å². The number of hydrogen-bond acceptors (Lipinski definition) is 3. The third-order valence-electron chi connectivity index (χ3n) is 2.34. The molecule has 1 aromatic rings. The molecule has 1 aromatic carbocycles. The maximum absolute atomic E-state index is 11.2. The van der Waals surface area contributed by atoms with Gasteiger partial charge in [-0.05, 0) is 18.6 Å². The molecule has 1 N–H and O–H groups in total. The van der Waals surface area contributed by atoms with Crippen LogP contribution in [-0.4, -0.2) is 18.5 Å². The topological polar surface area (TPSA) is 55.4 Å². The van der Waals surface area contributed by atoms with Crippen molar-refractivity contribution in [2.45, 2.75) is 13.3 Å². The SMILES string of the molecule is CCOC(=O)C#Cc1cccc2c1NC(=O)C2. The molecular formula is C13H11NO3. The van der Waals surface area contributed by atoms with E-state index in [0.717, 1.165) is 5.56 Å². The lowest BCUT2D eigenvalue weighted by Crippen LogP contribution is -2.04. The highest BCUT2D eigenvalue weighted by Crippen LogP contribution is 2.26. The minimum absolute atomic E-state index is 0.0506. The number of amides is 1. The summed E-state index contributed by atoms with van der Waals surface area (Å²) in [5, 5.41) is 2.73. The fourth-order valence-electron chi connectivity index (χ4n) is 1.64. The summed E-state index contributed by atoms with van der Waals surface area (Å²) < 4.78 is 4.70. The van der Waals surface area contributed by atoms with Gasteiger partial charge in [-0.2, -0.15) is 0 Å². The van der Waals surface area contributed by atoms with Crippen molar-refractivity contribution in [3.63, 3.8) is 0 Å². The molecule has 0 saturated carbocycles. The van der Waals surface area contributed by atoms with Crippen molar-refractivity contribution < 1.29 is 14.3 Å². The second-order valence-corrected chi connectivity index (χ2v) is 3.54. The molecular weight excluding hydrogens is 218 g/mol. The summed E-state index contributed by atoms with van der Waals surface area (Å²) in [6.45, 7) is 2.02. The van der Waals surface area contributed by atoms with Crippen LogP contribution in [0.2, 0.25) is 0 Å². The first-order valence-corrected chi connectivity index (χ1v) is 5.31. The van der Waals surface area contributed by atoms with Gasteiger partial charge in [-0.1, -0.05) is 18.1 Å². The van der Waals surface area contributed by atoms with Crippen LogP contribution in [0.1, 0.15) is 18.1 Å². The Morgan fingerprint density at radius 3 is 3.12 bits per heavy atom. The van der Waals surface area contributed by atoms with E-state index in [0.29, 0.717) is 24.3 Å². The average molecular weight is 229 g/mol. The lowest BCUT2D eigenvalue weighted by Gasteiger charge is -2.00. The Labute approximate surface area is 99.0 Å². The van der Waals surface area contributed by atoms with Crippen LogP contribution < -0.4 is 5.32 Å². The van der Waals surface area contributed by atoms with Crippen LogP contribution in [0.4, 0.5) is 5.69 Å². The zero-order valence-electron chi connectivity index (χ0n) is 9.37. The summed E-state index contributed by atoms with van der Waals surface area (Å²) in [7, 11) is 0. The summed E-state index contributed by atoms with van der Waals surface area (Å²) >= 11 is 0. The van der Waals surface area contributed by atoms with Crippen molar-refractivity contribution in [3.05, 3.63) is 29.3 Å². The highest BCUT2D eigenvalue weighted by atomic mass is 16.5. The lowest BCUT2D eigenvalue weighted by molar-refractivity contribution is -0.136. The van der Waals surface area contributed by atoms with Crippen LogP contribution >= 0.6 is 0 Å². The Balaban J connectivity index is 2.26. The van der Waals surface area contributed by atoms with Gasteiger partial charge >= 0.3 is 5.97 Å². The Bertz CT molecular complexity index is 537. The molecule has 0 aromatic heterocycles. The summed E-state index contributed by atoms with van der Waals surface area (Å²) in [5.74, 6) is 4.48. The zero-order chi connectivity index (χ0) is 12.3. The van der Waals surface area contributed by atoms with E-state index >= 15 is 0 Å². The van der Waals surface area contributed by atoms with Gasteiger partial charge in [0, 0.05) is 11.5 Å². The van der Waals surface area contributed by atoms with Crippen molar-refractivity contribution >= 4 is 17.6 Å². The number of nitrogens with one attached hydrogen (secondary N) is 1. The molecule has 1 heterocycles. The molecule has 4 nitrogen and oxygen atoms in total.